The summed E-state index contributed by atoms with van der Waals surface area (Å²) < 4.78 is 9.98. The average molecular weight is 281 g/mol. The number of nitrogens with zero attached hydrogens (tertiary/aromatic N) is 1. The van der Waals surface area contributed by atoms with Crippen LogP contribution >= 0.6 is 11.6 Å². The molecule has 2 rings (SSSR count). The van der Waals surface area contributed by atoms with Crippen molar-refractivity contribution in [2.24, 2.45) is 0 Å². The fraction of sp³-hybridized carbons (Fsp3) is 0.231. The van der Waals surface area contributed by atoms with Crippen LogP contribution in [0, 0.1) is 0 Å². The van der Waals surface area contributed by atoms with Crippen molar-refractivity contribution in [3.8, 4) is 11.3 Å². The lowest BCUT2D eigenvalue weighted by Crippen LogP contribution is -2.27. The maximum absolute atomic E-state index is 11.7. The SMILES string of the molecule is COCCNC(=O)c1cc(-c2ccc(Cl)cc2)on1. The third kappa shape index (κ3) is 3.56. The zero-order valence-electron chi connectivity index (χ0n) is 10.4. The Hall–Kier alpha value is -1.85. The molecule has 6 heteroatoms. The molecule has 5 nitrogen and oxygen atoms in total. The number of methoxy groups -OCH3 is 1. The van der Waals surface area contributed by atoms with E-state index in [0.717, 1.165) is 5.56 Å². The van der Waals surface area contributed by atoms with Gasteiger partial charge in [-0.15, -0.1) is 0 Å². The van der Waals surface area contributed by atoms with Gasteiger partial charge >= 0.3 is 0 Å². The van der Waals surface area contributed by atoms with Crippen molar-refractivity contribution in [2.75, 3.05) is 20.3 Å². The summed E-state index contributed by atoms with van der Waals surface area (Å²) in [5.74, 6) is 0.231. The minimum Gasteiger partial charge on any atom is -0.383 e. The standard InChI is InChI=1S/C13H13ClN2O3/c1-18-7-6-15-13(17)11-8-12(19-16-11)9-2-4-10(14)5-3-9/h2-5,8H,6-7H2,1H3,(H,15,17). The number of carbonyl (C=O) groups is 1. The van der Waals surface area contributed by atoms with Crippen LogP contribution in [0.1, 0.15) is 10.5 Å². The zero-order valence-corrected chi connectivity index (χ0v) is 11.1. The predicted molar refractivity (Wildman–Crippen MR) is 71.2 cm³/mol. The highest BCUT2D eigenvalue weighted by Gasteiger charge is 2.13. The van der Waals surface area contributed by atoms with Crippen molar-refractivity contribution >= 4 is 17.5 Å². The van der Waals surface area contributed by atoms with E-state index in [1.54, 1.807) is 37.4 Å². The van der Waals surface area contributed by atoms with E-state index in [0.29, 0.717) is 23.9 Å². The van der Waals surface area contributed by atoms with Gasteiger partial charge < -0.3 is 14.6 Å². The van der Waals surface area contributed by atoms with Crippen LogP contribution in [0.15, 0.2) is 34.9 Å². The van der Waals surface area contributed by atoms with E-state index in [9.17, 15) is 4.79 Å². The summed E-state index contributed by atoms with van der Waals surface area (Å²) in [4.78, 5) is 11.7. The lowest BCUT2D eigenvalue weighted by atomic mass is 10.1. The summed E-state index contributed by atoms with van der Waals surface area (Å²) in [6.45, 7) is 0.881. The highest BCUT2D eigenvalue weighted by Crippen LogP contribution is 2.22. The quantitative estimate of drug-likeness (QED) is 0.854. The van der Waals surface area contributed by atoms with E-state index in [2.05, 4.69) is 10.5 Å². The van der Waals surface area contributed by atoms with Crippen LogP contribution in [0.25, 0.3) is 11.3 Å². The molecule has 100 valence electrons. The monoisotopic (exact) mass is 280 g/mol. The van der Waals surface area contributed by atoms with Gasteiger partial charge in [0.2, 0.25) is 0 Å². The molecule has 0 bridgehead atoms. The van der Waals surface area contributed by atoms with Crippen molar-refractivity contribution in [3.05, 3.63) is 41.0 Å². The smallest absolute Gasteiger partial charge is 0.273 e. The van der Waals surface area contributed by atoms with E-state index >= 15 is 0 Å². The molecular weight excluding hydrogens is 268 g/mol. The number of carbonyl (C=O) groups excluding carboxylic acids is 1. The van der Waals surface area contributed by atoms with Gasteiger partial charge in [0, 0.05) is 30.3 Å². The molecule has 1 amide bonds. The summed E-state index contributed by atoms with van der Waals surface area (Å²) >= 11 is 5.80. The Labute approximate surface area is 115 Å². The first-order valence-electron chi connectivity index (χ1n) is 5.70. The third-order valence-corrected chi connectivity index (χ3v) is 2.72. The van der Waals surface area contributed by atoms with Crippen molar-refractivity contribution in [3.63, 3.8) is 0 Å². The third-order valence-electron chi connectivity index (χ3n) is 2.46. The fourth-order valence-electron chi connectivity index (χ4n) is 1.49. The predicted octanol–water partition coefficient (Wildman–Crippen LogP) is 2.37. The van der Waals surface area contributed by atoms with Crippen LogP contribution < -0.4 is 5.32 Å². The number of rotatable bonds is 5. The molecule has 0 aliphatic carbocycles. The van der Waals surface area contributed by atoms with Crippen molar-refractivity contribution < 1.29 is 14.1 Å². The Morgan fingerprint density at radius 3 is 2.84 bits per heavy atom. The number of aromatic nitrogens is 1. The van der Waals surface area contributed by atoms with Crippen LogP contribution in [-0.2, 0) is 4.74 Å². The van der Waals surface area contributed by atoms with Gasteiger partial charge in [-0.3, -0.25) is 4.79 Å². The lowest BCUT2D eigenvalue weighted by Gasteiger charge is -2.00. The molecule has 0 saturated heterocycles. The number of benzene rings is 1. The van der Waals surface area contributed by atoms with Gasteiger partial charge in [0.25, 0.3) is 5.91 Å². The van der Waals surface area contributed by atoms with Crippen LogP contribution in [0.2, 0.25) is 5.02 Å². The molecule has 0 unspecified atom stereocenters. The summed E-state index contributed by atoms with van der Waals surface area (Å²) in [6, 6.07) is 8.69. The maximum Gasteiger partial charge on any atom is 0.273 e. The normalized spacial score (nSPS) is 10.4. The van der Waals surface area contributed by atoms with Crippen molar-refractivity contribution in [1.82, 2.24) is 10.5 Å². The van der Waals surface area contributed by atoms with Gasteiger partial charge in [-0.05, 0) is 24.3 Å². The van der Waals surface area contributed by atoms with Gasteiger partial charge in [0.1, 0.15) is 0 Å². The minimum atomic E-state index is -0.291. The van der Waals surface area contributed by atoms with Gasteiger partial charge in [0.05, 0.1) is 6.61 Å². The first-order valence-corrected chi connectivity index (χ1v) is 6.08. The molecule has 1 aromatic heterocycles. The molecule has 19 heavy (non-hydrogen) atoms. The molecular formula is C13H13ClN2O3. The average Bonchev–Trinajstić information content (AvgIpc) is 2.89. The van der Waals surface area contributed by atoms with E-state index in [1.165, 1.54) is 0 Å². The molecule has 1 heterocycles. The number of halogens is 1. The molecule has 0 aliphatic rings. The Morgan fingerprint density at radius 2 is 2.16 bits per heavy atom. The van der Waals surface area contributed by atoms with Crippen molar-refractivity contribution in [2.45, 2.75) is 0 Å². The van der Waals surface area contributed by atoms with Crippen molar-refractivity contribution in [1.29, 1.82) is 0 Å². The minimum absolute atomic E-state index is 0.237. The summed E-state index contributed by atoms with van der Waals surface area (Å²) in [7, 11) is 1.57. The van der Waals surface area contributed by atoms with Crippen LogP contribution in [-0.4, -0.2) is 31.3 Å². The molecule has 0 aliphatic heterocycles. The fourth-order valence-corrected chi connectivity index (χ4v) is 1.62. The van der Waals surface area contributed by atoms with Crippen LogP contribution in [0.5, 0.6) is 0 Å². The Kier molecular flexibility index (Phi) is 4.54. The van der Waals surface area contributed by atoms with Crippen LogP contribution in [0.4, 0.5) is 0 Å². The van der Waals surface area contributed by atoms with Crippen LogP contribution in [0.3, 0.4) is 0 Å². The van der Waals surface area contributed by atoms with E-state index < -0.39 is 0 Å². The molecule has 0 fully saturated rings. The van der Waals surface area contributed by atoms with Gasteiger partial charge in [-0.2, -0.15) is 0 Å². The maximum atomic E-state index is 11.7. The van der Waals surface area contributed by atoms with Gasteiger partial charge in [-0.1, -0.05) is 16.8 Å². The summed E-state index contributed by atoms with van der Waals surface area (Å²) in [6.07, 6.45) is 0. The van der Waals surface area contributed by atoms with Gasteiger partial charge in [-0.25, -0.2) is 0 Å². The zero-order chi connectivity index (χ0) is 13.7. The molecule has 1 N–H and O–H groups in total. The van der Waals surface area contributed by atoms with E-state index in [-0.39, 0.29) is 11.6 Å². The molecule has 0 saturated carbocycles. The summed E-state index contributed by atoms with van der Waals surface area (Å²) in [5, 5.41) is 7.04. The highest BCUT2D eigenvalue weighted by atomic mass is 35.5. The summed E-state index contributed by atoms with van der Waals surface area (Å²) in [5.41, 5.74) is 1.05. The van der Waals surface area contributed by atoms with E-state index in [4.69, 9.17) is 20.9 Å². The first-order chi connectivity index (χ1) is 9.20. The number of nitrogens with one attached hydrogen (secondary N) is 1. The van der Waals surface area contributed by atoms with Gasteiger partial charge in [0.15, 0.2) is 11.5 Å². The number of ether oxygens (including phenoxy) is 1. The highest BCUT2D eigenvalue weighted by molar-refractivity contribution is 6.30. The van der Waals surface area contributed by atoms with E-state index in [1.807, 2.05) is 0 Å². The molecule has 0 atom stereocenters. The second-order valence-corrected chi connectivity index (χ2v) is 4.27. The number of hydrogen-bond donors (Lipinski definition) is 1. The number of hydrogen-bond acceptors (Lipinski definition) is 4. The Morgan fingerprint density at radius 1 is 1.42 bits per heavy atom. The molecule has 2 aromatic rings. The first kappa shape index (κ1) is 13.6. The Balaban J connectivity index is 2.06. The number of amides is 1. The topological polar surface area (TPSA) is 64.4 Å². The Bertz CT molecular complexity index is 551. The molecule has 0 radical (unpaired) electrons. The second kappa shape index (κ2) is 6.36. The second-order valence-electron chi connectivity index (χ2n) is 3.83. The lowest BCUT2D eigenvalue weighted by molar-refractivity contribution is 0.0928. The molecule has 1 aromatic carbocycles. The molecule has 0 spiro atoms. The largest absolute Gasteiger partial charge is 0.383 e.